The Balaban J connectivity index is 2.16. The van der Waals surface area contributed by atoms with Crippen LogP contribution >= 0.6 is 11.6 Å². The van der Waals surface area contributed by atoms with E-state index < -0.39 is 0 Å². The molecule has 2 N–H and O–H groups in total. The zero-order chi connectivity index (χ0) is 14.2. The fourth-order valence-corrected chi connectivity index (χ4v) is 1.95. The molecule has 5 nitrogen and oxygen atoms in total. The monoisotopic (exact) mass is 280 g/mol. The van der Waals surface area contributed by atoms with Crippen molar-refractivity contribution in [2.45, 2.75) is 26.2 Å². The number of hydrogen-bond donors (Lipinski definition) is 2. The Morgan fingerprint density at radius 3 is 2.58 bits per heavy atom. The van der Waals surface area contributed by atoms with Gasteiger partial charge in [0.25, 0.3) is 5.91 Å². The summed E-state index contributed by atoms with van der Waals surface area (Å²) in [5, 5.41) is 10.3. The second-order valence-corrected chi connectivity index (χ2v) is 5.96. The second-order valence-electron chi connectivity index (χ2n) is 5.53. The van der Waals surface area contributed by atoms with Gasteiger partial charge in [0.15, 0.2) is 5.82 Å². The average Bonchev–Trinajstić information content (AvgIpc) is 2.84. The Morgan fingerprint density at radius 2 is 2.11 bits per heavy atom. The van der Waals surface area contributed by atoms with Gasteiger partial charge >= 0.3 is 0 Å². The van der Waals surface area contributed by atoms with Crippen molar-refractivity contribution < 1.29 is 4.79 Å². The summed E-state index contributed by atoms with van der Waals surface area (Å²) in [7, 11) is 1.77. The summed E-state index contributed by atoms with van der Waals surface area (Å²) in [6.07, 6.45) is 1.68. The lowest BCUT2D eigenvalue weighted by atomic mass is 9.92. The number of hydrogen-bond acceptors (Lipinski definition) is 2. The van der Waals surface area contributed by atoms with Crippen LogP contribution in [0.1, 0.15) is 37.0 Å². The lowest BCUT2D eigenvalue weighted by Gasteiger charge is -2.14. The van der Waals surface area contributed by atoms with Gasteiger partial charge in [0.2, 0.25) is 0 Å². The van der Waals surface area contributed by atoms with Gasteiger partial charge in [0.05, 0.1) is 5.02 Å². The van der Waals surface area contributed by atoms with Crippen LogP contribution in [0.3, 0.4) is 0 Å². The summed E-state index contributed by atoms with van der Waals surface area (Å²) in [5.41, 5.74) is 1.42. The van der Waals surface area contributed by atoms with E-state index >= 15 is 0 Å². The molecule has 102 valence electrons. The normalized spacial score (nSPS) is 11.6. The summed E-state index contributed by atoms with van der Waals surface area (Å²) in [5.74, 6) is 0.272. The van der Waals surface area contributed by atoms with Crippen LogP contribution in [0.2, 0.25) is 5.02 Å². The van der Waals surface area contributed by atoms with Crippen molar-refractivity contribution in [3.8, 4) is 0 Å². The summed E-state index contributed by atoms with van der Waals surface area (Å²) >= 11 is 5.85. The maximum absolute atomic E-state index is 12.1. The van der Waals surface area contributed by atoms with E-state index in [4.69, 9.17) is 11.6 Å². The van der Waals surface area contributed by atoms with Crippen LogP contribution in [0, 0.1) is 0 Å². The highest BCUT2D eigenvalue weighted by Gasteiger charge is 2.18. The summed E-state index contributed by atoms with van der Waals surface area (Å²) in [4.78, 5) is 12.1. The maximum atomic E-state index is 12.1. The zero-order valence-corrected chi connectivity index (χ0v) is 12.2. The molecule has 0 fully saturated rings. The molecule has 2 aromatic heterocycles. The van der Waals surface area contributed by atoms with Gasteiger partial charge in [-0.3, -0.25) is 9.89 Å². The van der Waals surface area contributed by atoms with Crippen LogP contribution in [0.5, 0.6) is 0 Å². The number of rotatable bonds is 2. The average molecular weight is 281 g/mol. The number of aromatic amines is 1. The minimum absolute atomic E-state index is 0.0374. The highest BCUT2D eigenvalue weighted by atomic mass is 35.5. The molecule has 0 aliphatic rings. The smallest absolute Gasteiger partial charge is 0.273 e. The third-order valence-corrected chi connectivity index (χ3v) is 3.04. The number of nitrogens with one attached hydrogen (secondary N) is 2. The molecule has 2 aromatic rings. The molecule has 0 aliphatic heterocycles. The van der Waals surface area contributed by atoms with Gasteiger partial charge < -0.3 is 9.88 Å². The SMILES string of the molecule is Cn1cc(Cl)cc1C(=O)Nc1cc(C(C)(C)C)[nH]n1. The molecule has 1 amide bonds. The number of aromatic nitrogens is 3. The summed E-state index contributed by atoms with van der Waals surface area (Å²) in [6.45, 7) is 6.22. The number of carbonyl (C=O) groups is 1. The van der Waals surface area contributed by atoms with Crippen molar-refractivity contribution in [2.75, 3.05) is 5.32 Å². The van der Waals surface area contributed by atoms with Crippen molar-refractivity contribution in [2.24, 2.45) is 7.05 Å². The van der Waals surface area contributed by atoms with Gasteiger partial charge in [0, 0.05) is 30.4 Å². The van der Waals surface area contributed by atoms with Crippen molar-refractivity contribution in [1.82, 2.24) is 14.8 Å². The maximum Gasteiger partial charge on any atom is 0.273 e. The lowest BCUT2D eigenvalue weighted by molar-refractivity contribution is 0.101. The molecular weight excluding hydrogens is 264 g/mol. The van der Waals surface area contributed by atoms with Crippen molar-refractivity contribution in [3.05, 3.63) is 34.7 Å². The number of anilines is 1. The van der Waals surface area contributed by atoms with Crippen LogP contribution in [-0.4, -0.2) is 20.7 Å². The fourth-order valence-electron chi connectivity index (χ4n) is 1.70. The van der Waals surface area contributed by atoms with E-state index in [-0.39, 0.29) is 11.3 Å². The van der Waals surface area contributed by atoms with Crippen LogP contribution in [0.25, 0.3) is 0 Å². The van der Waals surface area contributed by atoms with E-state index in [0.29, 0.717) is 16.5 Å². The molecule has 19 heavy (non-hydrogen) atoms. The summed E-state index contributed by atoms with van der Waals surface area (Å²) < 4.78 is 1.68. The third-order valence-electron chi connectivity index (χ3n) is 2.83. The van der Waals surface area contributed by atoms with Crippen LogP contribution in [0.4, 0.5) is 5.82 Å². The number of halogens is 1. The first-order chi connectivity index (χ1) is 8.77. The van der Waals surface area contributed by atoms with Crippen LogP contribution in [-0.2, 0) is 12.5 Å². The highest BCUT2D eigenvalue weighted by molar-refractivity contribution is 6.31. The number of amides is 1. The molecule has 0 bridgehead atoms. The predicted octanol–water partition coefficient (Wildman–Crippen LogP) is 2.95. The minimum atomic E-state index is -0.235. The fraction of sp³-hybridized carbons (Fsp3) is 0.385. The van der Waals surface area contributed by atoms with E-state index in [2.05, 4.69) is 36.3 Å². The van der Waals surface area contributed by atoms with Gasteiger partial charge in [-0.05, 0) is 6.07 Å². The number of carbonyl (C=O) groups excluding carboxylic acids is 1. The molecule has 0 saturated carbocycles. The van der Waals surface area contributed by atoms with Crippen molar-refractivity contribution >= 4 is 23.3 Å². The first kappa shape index (κ1) is 13.7. The van der Waals surface area contributed by atoms with E-state index in [1.54, 1.807) is 23.9 Å². The third kappa shape index (κ3) is 2.98. The molecule has 2 heterocycles. The van der Waals surface area contributed by atoms with Gasteiger partial charge in [0.1, 0.15) is 5.69 Å². The number of H-pyrrole nitrogens is 1. The molecule has 0 saturated heterocycles. The van der Waals surface area contributed by atoms with E-state index in [1.807, 2.05) is 6.07 Å². The predicted molar refractivity (Wildman–Crippen MR) is 75.7 cm³/mol. The first-order valence-corrected chi connectivity index (χ1v) is 6.34. The van der Waals surface area contributed by atoms with Gasteiger partial charge in [-0.1, -0.05) is 32.4 Å². The Morgan fingerprint density at radius 1 is 1.42 bits per heavy atom. The Labute approximate surface area is 117 Å². The van der Waals surface area contributed by atoms with Crippen LogP contribution < -0.4 is 5.32 Å². The minimum Gasteiger partial charge on any atom is -0.345 e. The molecule has 0 unspecified atom stereocenters. The van der Waals surface area contributed by atoms with E-state index in [0.717, 1.165) is 5.69 Å². The molecular formula is C13H17ClN4O. The molecule has 0 aromatic carbocycles. The van der Waals surface area contributed by atoms with Crippen molar-refractivity contribution in [1.29, 1.82) is 0 Å². The zero-order valence-electron chi connectivity index (χ0n) is 11.4. The first-order valence-electron chi connectivity index (χ1n) is 5.96. The second kappa shape index (κ2) is 4.74. The summed E-state index contributed by atoms with van der Waals surface area (Å²) in [6, 6.07) is 3.46. The van der Waals surface area contributed by atoms with Gasteiger partial charge in [-0.15, -0.1) is 0 Å². The highest BCUT2D eigenvalue weighted by Crippen LogP contribution is 2.22. The molecule has 0 radical (unpaired) electrons. The largest absolute Gasteiger partial charge is 0.345 e. The van der Waals surface area contributed by atoms with Gasteiger partial charge in [-0.2, -0.15) is 5.10 Å². The quantitative estimate of drug-likeness (QED) is 0.888. The van der Waals surface area contributed by atoms with E-state index in [9.17, 15) is 4.79 Å². The standard InChI is InChI=1S/C13H17ClN4O/c1-13(2,3)10-6-11(17-16-10)15-12(19)9-5-8(14)7-18(9)4/h5-7H,1-4H3,(H2,15,16,17,19). The Kier molecular flexibility index (Phi) is 3.41. The lowest BCUT2D eigenvalue weighted by Crippen LogP contribution is -2.15. The Bertz CT molecular complexity index is 606. The number of aryl methyl sites for hydroxylation is 1. The molecule has 2 rings (SSSR count). The van der Waals surface area contributed by atoms with Crippen LogP contribution in [0.15, 0.2) is 18.3 Å². The van der Waals surface area contributed by atoms with E-state index in [1.165, 1.54) is 0 Å². The van der Waals surface area contributed by atoms with Crippen molar-refractivity contribution in [3.63, 3.8) is 0 Å². The molecule has 0 aliphatic carbocycles. The topological polar surface area (TPSA) is 62.7 Å². The Hall–Kier alpha value is -1.75. The molecule has 6 heteroatoms. The molecule has 0 atom stereocenters. The number of nitrogens with zero attached hydrogens (tertiary/aromatic N) is 2. The molecule has 0 spiro atoms. The van der Waals surface area contributed by atoms with Gasteiger partial charge in [-0.25, -0.2) is 0 Å².